The molecule has 2 unspecified atom stereocenters. The quantitative estimate of drug-likeness (QED) is 0.848. The third-order valence-corrected chi connectivity index (χ3v) is 4.37. The van der Waals surface area contributed by atoms with Crippen molar-refractivity contribution in [3.05, 3.63) is 28.2 Å². The second-order valence-electron chi connectivity index (χ2n) is 5.14. The van der Waals surface area contributed by atoms with Gasteiger partial charge in [-0.1, -0.05) is 22.9 Å². The zero-order valence-corrected chi connectivity index (χ0v) is 13.6. The van der Waals surface area contributed by atoms with Crippen LogP contribution in [0.15, 0.2) is 22.7 Å². The highest BCUT2D eigenvalue weighted by Gasteiger charge is 2.30. The van der Waals surface area contributed by atoms with Crippen molar-refractivity contribution in [2.45, 2.75) is 19.4 Å². The third-order valence-electron chi connectivity index (χ3n) is 3.87. The molecule has 1 fully saturated rings. The first-order valence-corrected chi connectivity index (χ1v) is 7.51. The van der Waals surface area contributed by atoms with Crippen LogP contribution in [0.5, 0.6) is 5.75 Å². The smallest absolute Gasteiger partial charge is 0.257 e. The highest BCUT2D eigenvalue weighted by Crippen LogP contribution is 2.27. The minimum atomic E-state index is 0.00306. The van der Waals surface area contributed by atoms with Crippen molar-refractivity contribution in [3.63, 3.8) is 0 Å². The topological polar surface area (TPSA) is 38.8 Å². The second kappa shape index (κ2) is 6.59. The molecule has 20 heavy (non-hydrogen) atoms. The van der Waals surface area contributed by atoms with Crippen molar-refractivity contribution < 1.29 is 14.3 Å². The minimum absolute atomic E-state index is 0.00306. The molecule has 0 saturated carbocycles. The zero-order chi connectivity index (χ0) is 14.7. The number of hydrogen-bond acceptors (Lipinski definition) is 3. The summed E-state index contributed by atoms with van der Waals surface area (Å²) in [5, 5.41) is 0. The Morgan fingerprint density at radius 2 is 2.15 bits per heavy atom. The van der Waals surface area contributed by atoms with Crippen LogP contribution in [0.2, 0.25) is 0 Å². The van der Waals surface area contributed by atoms with Crippen molar-refractivity contribution in [1.29, 1.82) is 0 Å². The lowest BCUT2D eigenvalue weighted by Crippen LogP contribution is -2.46. The Hall–Kier alpha value is -1.07. The normalized spacial score (nSPS) is 22.7. The first kappa shape index (κ1) is 15.3. The van der Waals surface area contributed by atoms with E-state index < -0.39 is 0 Å². The molecule has 110 valence electrons. The van der Waals surface area contributed by atoms with Gasteiger partial charge in [-0.25, -0.2) is 0 Å². The van der Waals surface area contributed by atoms with Gasteiger partial charge in [-0.05, 0) is 30.5 Å². The lowest BCUT2D eigenvalue weighted by Gasteiger charge is -2.36. The summed E-state index contributed by atoms with van der Waals surface area (Å²) in [5.74, 6) is 1.08. The number of halogens is 1. The van der Waals surface area contributed by atoms with Gasteiger partial charge in [0.15, 0.2) is 0 Å². The van der Waals surface area contributed by atoms with Gasteiger partial charge in [-0.3, -0.25) is 4.79 Å². The Morgan fingerprint density at radius 3 is 2.80 bits per heavy atom. The summed E-state index contributed by atoms with van der Waals surface area (Å²) < 4.78 is 11.7. The Bertz CT molecular complexity index is 492. The average Bonchev–Trinajstić information content (AvgIpc) is 2.46. The predicted molar refractivity (Wildman–Crippen MR) is 81.2 cm³/mol. The third kappa shape index (κ3) is 3.15. The predicted octanol–water partition coefficient (Wildman–Crippen LogP) is 2.95. The molecule has 0 spiro atoms. The van der Waals surface area contributed by atoms with Crippen LogP contribution in [0, 0.1) is 5.92 Å². The van der Waals surface area contributed by atoms with Gasteiger partial charge in [-0.15, -0.1) is 0 Å². The summed E-state index contributed by atoms with van der Waals surface area (Å²) in [6, 6.07) is 5.47. The molecule has 2 atom stereocenters. The molecular weight excluding hydrogens is 322 g/mol. The van der Waals surface area contributed by atoms with Gasteiger partial charge in [0.25, 0.3) is 5.91 Å². The molecule has 0 aromatic heterocycles. The molecule has 1 saturated heterocycles. The Morgan fingerprint density at radius 1 is 1.40 bits per heavy atom. The lowest BCUT2D eigenvalue weighted by molar-refractivity contribution is -0.00166. The summed E-state index contributed by atoms with van der Waals surface area (Å²) in [7, 11) is 3.28. The SMILES string of the molecule is COc1cc(Br)ccc1C(=O)N1CCC(C)C(OC)C1. The number of likely N-dealkylation sites (tertiary alicyclic amines) is 1. The first-order valence-electron chi connectivity index (χ1n) is 6.72. The van der Waals surface area contributed by atoms with Gasteiger partial charge >= 0.3 is 0 Å². The van der Waals surface area contributed by atoms with Crippen LogP contribution in [0.25, 0.3) is 0 Å². The number of carbonyl (C=O) groups is 1. The van der Waals surface area contributed by atoms with Crippen molar-refractivity contribution in [3.8, 4) is 5.75 Å². The first-order chi connectivity index (χ1) is 9.56. The molecule has 1 aliphatic rings. The van der Waals surface area contributed by atoms with E-state index in [4.69, 9.17) is 9.47 Å². The second-order valence-corrected chi connectivity index (χ2v) is 6.05. The van der Waals surface area contributed by atoms with Gasteiger partial charge in [0.2, 0.25) is 0 Å². The number of rotatable bonds is 3. The van der Waals surface area contributed by atoms with Crippen molar-refractivity contribution in [1.82, 2.24) is 4.90 Å². The van der Waals surface area contributed by atoms with Gasteiger partial charge in [0.05, 0.1) is 18.8 Å². The van der Waals surface area contributed by atoms with Gasteiger partial charge in [-0.2, -0.15) is 0 Å². The molecule has 2 rings (SSSR count). The standard InChI is InChI=1S/C15H20BrNO3/c1-10-6-7-17(9-14(10)20-3)15(18)12-5-4-11(16)8-13(12)19-2/h4-5,8,10,14H,6-7,9H2,1-3H3. The van der Waals surface area contributed by atoms with Crippen LogP contribution in [0.3, 0.4) is 0 Å². The summed E-state index contributed by atoms with van der Waals surface area (Å²) in [4.78, 5) is 14.5. The fourth-order valence-corrected chi connectivity index (χ4v) is 2.88. The maximum Gasteiger partial charge on any atom is 0.257 e. The van der Waals surface area contributed by atoms with Crippen LogP contribution in [-0.2, 0) is 4.74 Å². The highest BCUT2D eigenvalue weighted by molar-refractivity contribution is 9.10. The van der Waals surface area contributed by atoms with Crippen molar-refractivity contribution >= 4 is 21.8 Å². The number of ether oxygens (including phenoxy) is 2. The Balaban J connectivity index is 2.19. The number of carbonyl (C=O) groups excluding carboxylic acids is 1. The molecule has 0 aliphatic carbocycles. The van der Waals surface area contributed by atoms with Crippen LogP contribution in [0.4, 0.5) is 0 Å². The molecule has 1 aliphatic heterocycles. The molecule has 5 heteroatoms. The average molecular weight is 342 g/mol. The number of nitrogens with zero attached hydrogens (tertiary/aromatic N) is 1. The number of piperidine rings is 1. The van der Waals surface area contributed by atoms with Crippen LogP contribution in [-0.4, -0.2) is 44.2 Å². The Kier molecular flexibility index (Phi) is 5.05. The largest absolute Gasteiger partial charge is 0.496 e. The zero-order valence-electron chi connectivity index (χ0n) is 12.1. The number of benzene rings is 1. The van der Waals surface area contributed by atoms with E-state index in [9.17, 15) is 4.79 Å². The van der Waals surface area contributed by atoms with E-state index in [0.717, 1.165) is 17.4 Å². The summed E-state index contributed by atoms with van der Waals surface area (Å²) in [6.45, 7) is 3.56. The molecule has 1 amide bonds. The molecule has 0 bridgehead atoms. The number of amides is 1. The maximum atomic E-state index is 12.6. The van der Waals surface area contributed by atoms with E-state index in [1.54, 1.807) is 20.3 Å². The number of methoxy groups -OCH3 is 2. The molecule has 1 aromatic carbocycles. The minimum Gasteiger partial charge on any atom is -0.496 e. The van der Waals surface area contributed by atoms with E-state index in [-0.39, 0.29) is 12.0 Å². The van der Waals surface area contributed by atoms with E-state index >= 15 is 0 Å². The molecule has 0 radical (unpaired) electrons. The summed E-state index contributed by atoms with van der Waals surface area (Å²) >= 11 is 3.39. The van der Waals surface area contributed by atoms with Gasteiger partial charge in [0, 0.05) is 24.7 Å². The van der Waals surface area contributed by atoms with E-state index in [1.807, 2.05) is 17.0 Å². The van der Waals surface area contributed by atoms with Crippen molar-refractivity contribution in [2.24, 2.45) is 5.92 Å². The van der Waals surface area contributed by atoms with Gasteiger partial charge < -0.3 is 14.4 Å². The monoisotopic (exact) mass is 341 g/mol. The highest BCUT2D eigenvalue weighted by atomic mass is 79.9. The Labute approximate surface area is 128 Å². The molecule has 0 N–H and O–H groups in total. The molecule has 1 heterocycles. The molecule has 1 aromatic rings. The lowest BCUT2D eigenvalue weighted by atomic mass is 9.95. The summed E-state index contributed by atoms with van der Waals surface area (Å²) in [6.07, 6.45) is 1.07. The van der Waals surface area contributed by atoms with E-state index in [2.05, 4.69) is 22.9 Å². The molecule has 4 nitrogen and oxygen atoms in total. The van der Waals surface area contributed by atoms with Crippen LogP contribution < -0.4 is 4.74 Å². The maximum absolute atomic E-state index is 12.6. The summed E-state index contributed by atoms with van der Waals surface area (Å²) in [5.41, 5.74) is 0.597. The van der Waals surface area contributed by atoms with Crippen LogP contribution in [0.1, 0.15) is 23.7 Å². The van der Waals surface area contributed by atoms with Crippen molar-refractivity contribution in [2.75, 3.05) is 27.3 Å². The fourth-order valence-electron chi connectivity index (χ4n) is 2.54. The van der Waals surface area contributed by atoms with Crippen LogP contribution >= 0.6 is 15.9 Å². The molecular formula is C15H20BrNO3. The fraction of sp³-hybridized carbons (Fsp3) is 0.533. The van der Waals surface area contributed by atoms with E-state index in [0.29, 0.717) is 23.8 Å². The van der Waals surface area contributed by atoms with E-state index in [1.165, 1.54) is 0 Å². The number of hydrogen-bond donors (Lipinski definition) is 0. The van der Waals surface area contributed by atoms with Gasteiger partial charge in [0.1, 0.15) is 5.75 Å².